The average Bonchev–Trinajstić information content (AvgIpc) is 2.57. The van der Waals surface area contributed by atoms with Crippen LogP contribution >= 0.6 is 0 Å². The molecule has 23 heavy (non-hydrogen) atoms. The minimum absolute atomic E-state index is 0.0357. The third-order valence-electron chi connectivity index (χ3n) is 3.89. The Morgan fingerprint density at radius 3 is 2.61 bits per heavy atom. The number of hydrogen-bond acceptors (Lipinski definition) is 5. The molecule has 1 aliphatic rings. The lowest BCUT2D eigenvalue weighted by Crippen LogP contribution is -2.54. The Labute approximate surface area is 135 Å². The number of carbonyl (C=O) groups excluding carboxylic acids is 1. The first kappa shape index (κ1) is 15.4. The molecule has 0 bridgehead atoms. The van der Waals surface area contributed by atoms with Crippen molar-refractivity contribution in [3.63, 3.8) is 0 Å². The summed E-state index contributed by atoms with van der Waals surface area (Å²) in [7, 11) is 1.38. The van der Waals surface area contributed by atoms with Crippen molar-refractivity contribution < 1.29 is 19.4 Å². The molecular weight excluding hydrogens is 294 g/mol. The summed E-state index contributed by atoms with van der Waals surface area (Å²) in [6, 6.07) is 14.8. The Kier molecular flexibility index (Phi) is 4.48. The van der Waals surface area contributed by atoms with E-state index in [1.165, 1.54) is 7.11 Å². The summed E-state index contributed by atoms with van der Waals surface area (Å²) < 4.78 is 10.6. The summed E-state index contributed by atoms with van der Waals surface area (Å²) in [5.41, 5.74) is 2.41. The van der Waals surface area contributed by atoms with E-state index < -0.39 is 0 Å². The zero-order valence-corrected chi connectivity index (χ0v) is 12.9. The Morgan fingerprint density at radius 2 is 1.96 bits per heavy atom. The maximum absolute atomic E-state index is 11.6. The molecule has 1 N–H and O–H groups in total. The fourth-order valence-corrected chi connectivity index (χ4v) is 2.54. The smallest absolute Gasteiger partial charge is 0.337 e. The molecule has 0 spiro atoms. The summed E-state index contributed by atoms with van der Waals surface area (Å²) in [5.74, 6) is 0.472. The fraction of sp³-hybridized carbons (Fsp3) is 0.278. The predicted octanol–water partition coefficient (Wildman–Crippen LogP) is 2.23. The van der Waals surface area contributed by atoms with Gasteiger partial charge in [-0.3, -0.25) is 0 Å². The normalized spacial score (nSPS) is 14.3. The number of hydrogen-bond donors (Lipinski definition) is 1. The fourth-order valence-electron chi connectivity index (χ4n) is 2.54. The summed E-state index contributed by atoms with van der Waals surface area (Å²) in [5, 5.41) is 9.03. The molecular formula is C18H19NO4. The maximum atomic E-state index is 11.6. The van der Waals surface area contributed by atoms with E-state index >= 15 is 0 Å². The summed E-state index contributed by atoms with van der Waals surface area (Å²) in [6.45, 7) is 1.58. The van der Waals surface area contributed by atoms with Crippen LogP contribution in [-0.2, 0) is 11.3 Å². The molecule has 3 rings (SSSR count). The quantitative estimate of drug-likeness (QED) is 0.858. The molecule has 0 aliphatic carbocycles. The van der Waals surface area contributed by atoms with E-state index in [0.717, 1.165) is 30.1 Å². The van der Waals surface area contributed by atoms with E-state index in [2.05, 4.69) is 4.90 Å². The third kappa shape index (κ3) is 3.46. The van der Waals surface area contributed by atoms with Gasteiger partial charge in [0.05, 0.1) is 32.4 Å². The second-order valence-corrected chi connectivity index (χ2v) is 5.49. The lowest BCUT2D eigenvalue weighted by Gasteiger charge is -2.40. The van der Waals surface area contributed by atoms with Crippen molar-refractivity contribution in [2.24, 2.45) is 0 Å². The van der Waals surface area contributed by atoms with Crippen LogP contribution in [0.2, 0.25) is 0 Å². The van der Waals surface area contributed by atoms with Gasteiger partial charge < -0.3 is 19.5 Å². The van der Waals surface area contributed by atoms with Gasteiger partial charge in [0.1, 0.15) is 11.9 Å². The first-order valence-corrected chi connectivity index (χ1v) is 7.49. The molecule has 120 valence electrons. The standard InChI is InChI=1S/C18H19NO4/c1-22-18(21)14-3-2-4-15(9-14)19-10-17(11-19)23-16-7-5-13(12-20)6-8-16/h2-9,17,20H,10-12H2,1H3. The Morgan fingerprint density at radius 1 is 1.22 bits per heavy atom. The van der Waals surface area contributed by atoms with Crippen LogP contribution in [0.25, 0.3) is 0 Å². The molecule has 0 radical (unpaired) electrons. The number of rotatable bonds is 5. The van der Waals surface area contributed by atoms with Crippen molar-refractivity contribution in [1.29, 1.82) is 0 Å². The predicted molar refractivity (Wildman–Crippen MR) is 86.8 cm³/mol. The SMILES string of the molecule is COC(=O)c1cccc(N2CC(Oc3ccc(CO)cc3)C2)c1. The molecule has 2 aromatic carbocycles. The number of aliphatic hydroxyl groups is 1. The van der Waals surface area contributed by atoms with E-state index in [0.29, 0.717) is 5.56 Å². The van der Waals surface area contributed by atoms with Gasteiger partial charge in [-0.2, -0.15) is 0 Å². The van der Waals surface area contributed by atoms with Crippen molar-refractivity contribution in [2.45, 2.75) is 12.7 Å². The van der Waals surface area contributed by atoms with Crippen molar-refractivity contribution in [1.82, 2.24) is 0 Å². The van der Waals surface area contributed by atoms with E-state index in [4.69, 9.17) is 14.6 Å². The number of aliphatic hydroxyl groups excluding tert-OH is 1. The molecule has 0 unspecified atom stereocenters. The maximum Gasteiger partial charge on any atom is 0.337 e. The van der Waals surface area contributed by atoms with E-state index in [-0.39, 0.29) is 18.7 Å². The highest BCUT2D eigenvalue weighted by molar-refractivity contribution is 5.90. The zero-order valence-electron chi connectivity index (χ0n) is 12.9. The van der Waals surface area contributed by atoms with E-state index in [1.54, 1.807) is 6.07 Å². The first-order chi connectivity index (χ1) is 11.2. The van der Waals surface area contributed by atoms with Gasteiger partial charge in [0, 0.05) is 5.69 Å². The highest BCUT2D eigenvalue weighted by Crippen LogP contribution is 2.25. The molecule has 5 heteroatoms. The highest BCUT2D eigenvalue weighted by Gasteiger charge is 2.29. The number of carbonyl (C=O) groups is 1. The summed E-state index contributed by atoms with van der Waals surface area (Å²) in [4.78, 5) is 13.7. The lowest BCUT2D eigenvalue weighted by molar-refractivity contribution is 0.0600. The molecule has 1 heterocycles. The second kappa shape index (κ2) is 6.71. The molecule has 0 saturated carbocycles. The lowest BCUT2D eigenvalue weighted by atomic mass is 10.1. The van der Waals surface area contributed by atoms with Crippen molar-refractivity contribution in [2.75, 3.05) is 25.1 Å². The van der Waals surface area contributed by atoms with Gasteiger partial charge in [-0.1, -0.05) is 18.2 Å². The van der Waals surface area contributed by atoms with Crippen LogP contribution in [0.3, 0.4) is 0 Å². The van der Waals surface area contributed by atoms with Gasteiger partial charge in [-0.15, -0.1) is 0 Å². The van der Waals surface area contributed by atoms with Crippen LogP contribution in [0.4, 0.5) is 5.69 Å². The first-order valence-electron chi connectivity index (χ1n) is 7.49. The second-order valence-electron chi connectivity index (χ2n) is 5.49. The van der Waals surface area contributed by atoms with Gasteiger partial charge in [0.25, 0.3) is 0 Å². The molecule has 0 atom stereocenters. The third-order valence-corrected chi connectivity index (χ3v) is 3.89. The molecule has 1 saturated heterocycles. The molecule has 1 fully saturated rings. The molecule has 2 aromatic rings. The Bertz CT molecular complexity index is 678. The Hall–Kier alpha value is -2.53. The molecule has 0 aromatic heterocycles. The van der Waals surface area contributed by atoms with Gasteiger partial charge in [-0.25, -0.2) is 4.79 Å². The van der Waals surface area contributed by atoms with Crippen LogP contribution in [0.15, 0.2) is 48.5 Å². The number of nitrogens with zero attached hydrogens (tertiary/aromatic N) is 1. The average molecular weight is 313 g/mol. The minimum atomic E-state index is -0.329. The number of methoxy groups -OCH3 is 1. The van der Waals surface area contributed by atoms with E-state index in [9.17, 15) is 4.79 Å². The molecule has 1 aliphatic heterocycles. The number of esters is 1. The molecule has 0 amide bonds. The van der Waals surface area contributed by atoms with Crippen LogP contribution in [0.1, 0.15) is 15.9 Å². The van der Waals surface area contributed by atoms with Crippen LogP contribution < -0.4 is 9.64 Å². The van der Waals surface area contributed by atoms with Crippen molar-refractivity contribution >= 4 is 11.7 Å². The summed E-state index contributed by atoms with van der Waals surface area (Å²) in [6.07, 6.45) is 0.122. The topological polar surface area (TPSA) is 59.0 Å². The highest BCUT2D eigenvalue weighted by atomic mass is 16.5. The Balaban J connectivity index is 1.57. The van der Waals surface area contributed by atoms with Crippen LogP contribution in [0, 0.1) is 0 Å². The van der Waals surface area contributed by atoms with Gasteiger partial charge >= 0.3 is 5.97 Å². The zero-order chi connectivity index (χ0) is 16.2. The van der Waals surface area contributed by atoms with E-state index in [1.807, 2.05) is 42.5 Å². The summed E-state index contributed by atoms with van der Waals surface area (Å²) >= 11 is 0. The van der Waals surface area contributed by atoms with Gasteiger partial charge in [-0.05, 0) is 35.9 Å². The van der Waals surface area contributed by atoms with Crippen molar-refractivity contribution in [3.05, 3.63) is 59.7 Å². The monoisotopic (exact) mass is 313 g/mol. The van der Waals surface area contributed by atoms with Gasteiger partial charge in [0.2, 0.25) is 0 Å². The van der Waals surface area contributed by atoms with Crippen LogP contribution in [0.5, 0.6) is 5.75 Å². The van der Waals surface area contributed by atoms with Crippen molar-refractivity contribution in [3.8, 4) is 5.75 Å². The molecule has 5 nitrogen and oxygen atoms in total. The number of ether oxygens (including phenoxy) is 2. The number of anilines is 1. The van der Waals surface area contributed by atoms with Gasteiger partial charge in [0.15, 0.2) is 0 Å². The van der Waals surface area contributed by atoms with Crippen LogP contribution in [-0.4, -0.2) is 37.4 Å². The largest absolute Gasteiger partial charge is 0.487 e. The number of benzene rings is 2. The minimum Gasteiger partial charge on any atom is -0.487 e.